The number of ether oxygens (including phenoxy) is 1. The highest BCUT2D eigenvalue weighted by molar-refractivity contribution is 6.83. The Labute approximate surface area is 237 Å². The van der Waals surface area contributed by atoms with Gasteiger partial charge in [-0.25, -0.2) is 4.79 Å². The van der Waals surface area contributed by atoms with Gasteiger partial charge in [0, 0.05) is 43.3 Å². The van der Waals surface area contributed by atoms with Crippen molar-refractivity contribution in [3.05, 3.63) is 88.5 Å². The first-order chi connectivity index (χ1) is 19.1. The fourth-order valence-corrected chi connectivity index (χ4v) is 6.01. The van der Waals surface area contributed by atoms with Crippen molar-refractivity contribution >= 4 is 25.8 Å². The molecule has 7 heteroatoms. The van der Waals surface area contributed by atoms with Gasteiger partial charge < -0.3 is 19.6 Å². The Morgan fingerprint density at radius 2 is 1.55 bits per heavy atom. The Bertz CT molecular complexity index is 1460. The standard InChI is InChI=1S/C33H36N2O4Si/c1-23-24(13-18-40(2,3)4)19-26(20-25(23)21-32(36)37)34-14-16-35(17-15-34)33(38)39-22-31-29-11-7-5-9-27(29)28-10-6-8-12-30(28)31/h5-12,19-20,31H,14-17,21-22H2,1-4H3,(H,36,37). The molecule has 2 aliphatic rings. The molecule has 1 amide bonds. The van der Waals surface area contributed by atoms with E-state index in [4.69, 9.17) is 4.74 Å². The molecule has 0 spiro atoms. The predicted octanol–water partition coefficient (Wildman–Crippen LogP) is 5.92. The van der Waals surface area contributed by atoms with E-state index in [-0.39, 0.29) is 18.4 Å². The van der Waals surface area contributed by atoms with E-state index in [9.17, 15) is 14.7 Å². The number of carbonyl (C=O) groups excluding carboxylic acids is 1. The maximum Gasteiger partial charge on any atom is 0.409 e. The number of amides is 1. The number of rotatable bonds is 5. The normalized spacial score (nSPS) is 14.7. The largest absolute Gasteiger partial charge is 0.481 e. The van der Waals surface area contributed by atoms with Crippen LogP contribution >= 0.6 is 0 Å². The van der Waals surface area contributed by atoms with E-state index in [2.05, 4.69) is 66.3 Å². The van der Waals surface area contributed by atoms with E-state index < -0.39 is 14.0 Å². The number of hydrogen-bond acceptors (Lipinski definition) is 4. The Morgan fingerprint density at radius 3 is 2.12 bits per heavy atom. The van der Waals surface area contributed by atoms with Crippen LogP contribution in [0.1, 0.15) is 33.7 Å². The first-order valence-corrected chi connectivity index (χ1v) is 17.3. The molecule has 206 valence electrons. The Hall–Kier alpha value is -4.02. The first kappa shape index (κ1) is 27.5. The van der Waals surface area contributed by atoms with Gasteiger partial charge in [-0.2, -0.15) is 0 Å². The summed E-state index contributed by atoms with van der Waals surface area (Å²) in [4.78, 5) is 28.6. The maximum atomic E-state index is 13.1. The average molecular weight is 553 g/mol. The molecule has 3 aromatic rings. The molecule has 1 N–H and O–H groups in total. The van der Waals surface area contributed by atoms with Gasteiger partial charge in [0.25, 0.3) is 0 Å². The van der Waals surface area contributed by atoms with Crippen LogP contribution in [-0.2, 0) is 16.0 Å². The van der Waals surface area contributed by atoms with Crippen LogP contribution in [0.3, 0.4) is 0 Å². The Balaban J connectivity index is 1.26. The minimum absolute atomic E-state index is 0.0357. The molecular formula is C33H36N2O4Si. The van der Waals surface area contributed by atoms with Gasteiger partial charge in [0.05, 0.1) is 6.42 Å². The van der Waals surface area contributed by atoms with Crippen LogP contribution in [0.5, 0.6) is 0 Å². The SMILES string of the molecule is Cc1c(C#C[Si](C)(C)C)cc(N2CCN(C(=O)OCC3c4ccccc4-c4ccccc43)CC2)cc1CC(=O)O. The maximum absolute atomic E-state index is 13.1. The summed E-state index contributed by atoms with van der Waals surface area (Å²) in [5, 5.41) is 9.48. The van der Waals surface area contributed by atoms with Crippen LogP contribution in [0.4, 0.5) is 10.5 Å². The summed E-state index contributed by atoms with van der Waals surface area (Å²) in [6.07, 6.45) is -0.334. The van der Waals surface area contributed by atoms with E-state index in [1.54, 1.807) is 4.90 Å². The number of hydrogen-bond donors (Lipinski definition) is 1. The second kappa shape index (κ2) is 11.2. The van der Waals surface area contributed by atoms with E-state index in [1.165, 1.54) is 22.3 Å². The summed E-state index contributed by atoms with van der Waals surface area (Å²) >= 11 is 0. The zero-order valence-electron chi connectivity index (χ0n) is 23.7. The van der Waals surface area contributed by atoms with Crippen molar-refractivity contribution in [1.29, 1.82) is 0 Å². The lowest BCUT2D eigenvalue weighted by atomic mass is 9.98. The fraction of sp³-hybridized carbons (Fsp3) is 0.333. The molecule has 6 nitrogen and oxygen atoms in total. The molecule has 1 aliphatic carbocycles. The van der Waals surface area contributed by atoms with Crippen molar-refractivity contribution in [2.45, 2.75) is 38.9 Å². The Kier molecular flexibility index (Phi) is 7.73. The third kappa shape index (κ3) is 5.92. The summed E-state index contributed by atoms with van der Waals surface area (Å²) in [6.45, 7) is 11.2. The molecule has 1 heterocycles. The highest BCUT2D eigenvalue weighted by atomic mass is 28.3. The van der Waals surface area contributed by atoms with Crippen LogP contribution in [0, 0.1) is 18.4 Å². The second-order valence-electron chi connectivity index (χ2n) is 11.6. The van der Waals surface area contributed by atoms with Crippen LogP contribution in [0.15, 0.2) is 60.7 Å². The summed E-state index contributed by atoms with van der Waals surface area (Å²) in [7, 11) is -1.60. The quantitative estimate of drug-likeness (QED) is 0.314. The number of aliphatic carboxylic acids is 1. The van der Waals surface area contributed by atoms with Gasteiger partial charge in [-0.1, -0.05) is 74.1 Å². The van der Waals surface area contributed by atoms with Gasteiger partial charge in [-0.3, -0.25) is 4.79 Å². The molecule has 1 saturated heterocycles. The van der Waals surface area contributed by atoms with E-state index in [0.29, 0.717) is 32.8 Å². The van der Waals surface area contributed by atoms with Gasteiger partial charge in [-0.15, -0.1) is 5.54 Å². The molecule has 0 unspecified atom stereocenters. The number of benzene rings is 3. The monoisotopic (exact) mass is 552 g/mol. The van der Waals surface area contributed by atoms with Crippen LogP contribution in [0.2, 0.25) is 19.6 Å². The lowest BCUT2D eigenvalue weighted by molar-refractivity contribution is -0.136. The number of piperazine rings is 1. The molecule has 5 rings (SSSR count). The third-order valence-corrected chi connectivity index (χ3v) is 8.53. The summed E-state index contributed by atoms with van der Waals surface area (Å²) in [6, 6.07) is 20.7. The number of carboxylic acid groups (broad SMARTS) is 1. The smallest absolute Gasteiger partial charge is 0.409 e. The lowest BCUT2D eigenvalue weighted by Crippen LogP contribution is -2.49. The molecule has 1 aliphatic heterocycles. The number of anilines is 1. The minimum atomic E-state index is -1.60. The Morgan fingerprint density at radius 1 is 0.950 bits per heavy atom. The number of fused-ring (bicyclic) bond motifs is 3. The third-order valence-electron chi connectivity index (χ3n) is 7.65. The van der Waals surface area contributed by atoms with Gasteiger partial charge in [0.2, 0.25) is 0 Å². The molecule has 0 bridgehead atoms. The molecular weight excluding hydrogens is 516 g/mol. The van der Waals surface area contributed by atoms with Crippen molar-refractivity contribution in [3.63, 3.8) is 0 Å². The zero-order chi connectivity index (χ0) is 28.4. The van der Waals surface area contributed by atoms with Crippen molar-refractivity contribution in [1.82, 2.24) is 4.90 Å². The molecule has 1 fully saturated rings. The first-order valence-electron chi connectivity index (χ1n) is 13.8. The molecule has 3 aromatic carbocycles. The van der Waals surface area contributed by atoms with Crippen molar-refractivity contribution in [2.75, 3.05) is 37.7 Å². The van der Waals surface area contributed by atoms with E-state index >= 15 is 0 Å². The summed E-state index contributed by atoms with van der Waals surface area (Å²) in [5.41, 5.74) is 11.8. The molecule has 0 aromatic heterocycles. The van der Waals surface area contributed by atoms with Gasteiger partial charge in [-0.05, 0) is 52.4 Å². The van der Waals surface area contributed by atoms with E-state index in [0.717, 1.165) is 22.4 Å². The van der Waals surface area contributed by atoms with Gasteiger partial charge in [0.15, 0.2) is 0 Å². The molecule has 0 radical (unpaired) electrons. The predicted molar refractivity (Wildman–Crippen MR) is 162 cm³/mol. The van der Waals surface area contributed by atoms with Crippen LogP contribution in [0.25, 0.3) is 11.1 Å². The average Bonchev–Trinajstić information content (AvgIpc) is 3.25. The van der Waals surface area contributed by atoms with Crippen molar-refractivity contribution < 1.29 is 19.4 Å². The molecule has 0 atom stereocenters. The van der Waals surface area contributed by atoms with Crippen LogP contribution in [-0.4, -0.2) is 62.9 Å². The van der Waals surface area contributed by atoms with Crippen molar-refractivity contribution in [3.8, 4) is 22.6 Å². The summed E-state index contributed by atoms with van der Waals surface area (Å²) in [5.74, 6) is 2.52. The topological polar surface area (TPSA) is 70.1 Å². The number of nitrogens with zero attached hydrogens (tertiary/aromatic N) is 2. The highest BCUT2D eigenvalue weighted by Gasteiger charge is 2.30. The molecule has 0 saturated carbocycles. The summed E-state index contributed by atoms with van der Waals surface area (Å²) < 4.78 is 5.87. The lowest BCUT2D eigenvalue weighted by Gasteiger charge is -2.36. The zero-order valence-corrected chi connectivity index (χ0v) is 24.7. The number of carbonyl (C=O) groups is 2. The van der Waals surface area contributed by atoms with Crippen molar-refractivity contribution in [2.24, 2.45) is 0 Å². The van der Waals surface area contributed by atoms with Crippen LogP contribution < -0.4 is 4.90 Å². The second-order valence-corrected chi connectivity index (χ2v) is 16.4. The molecule has 40 heavy (non-hydrogen) atoms. The van der Waals surface area contributed by atoms with Gasteiger partial charge >= 0.3 is 12.1 Å². The minimum Gasteiger partial charge on any atom is -0.481 e. The number of carboxylic acids is 1. The highest BCUT2D eigenvalue weighted by Crippen LogP contribution is 2.44. The fourth-order valence-electron chi connectivity index (χ4n) is 5.50. The van der Waals surface area contributed by atoms with Gasteiger partial charge in [0.1, 0.15) is 14.7 Å². The van der Waals surface area contributed by atoms with E-state index in [1.807, 2.05) is 37.3 Å².